The zero-order chi connectivity index (χ0) is 14.6. The van der Waals surface area contributed by atoms with Crippen molar-refractivity contribution in [2.24, 2.45) is 0 Å². The monoisotopic (exact) mass is 303 g/mol. The average molecular weight is 304 g/mol. The lowest BCUT2D eigenvalue weighted by atomic mass is 10.2. The van der Waals surface area contributed by atoms with Gasteiger partial charge in [-0.1, -0.05) is 23.2 Å². The summed E-state index contributed by atoms with van der Waals surface area (Å²) < 4.78 is 0. The lowest BCUT2D eigenvalue weighted by Crippen LogP contribution is -2.46. The van der Waals surface area contributed by atoms with Gasteiger partial charge >= 0.3 is 0 Å². The molecule has 0 aliphatic heterocycles. The van der Waals surface area contributed by atoms with Gasteiger partial charge in [0.05, 0.1) is 5.56 Å². The third-order valence-electron chi connectivity index (χ3n) is 2.23. The molecule has 19 heavy (non-hydrogen) atoms. The number of nitrogens with zero attached hydrogens (tertiary/aromatic N) is 1. The minimum Gasteiger partial charge on any atom is -0.352 e. The molecule has 0 fully saturated rings. The molecular weight excluding hydrogens is 289 g/mol. The fraction of sp³-hybridized carbons (Fsp3) is 0.417. The highest BCUT2D eigenvalue weighted by atomic mass is 35.5. The lowest BCUT2D eigenvalue weighted by molar-refractivity contribution is -0.123. The summed E-state index contributed by atoms with van der Waals surface area (Å²) >= 11 is 11.5. The number of aromatic nitrogens is 1. The molecule has 1 aromatic rings. The van der Waals surface area contributed by atoms with Gasteiger partial charge in [-0.05, 0) is 32.9 Å². The largest absolute Gasteiger partial charge is 0.352 e. The van der Waals surface area contributed by atoms with Gasteiger partial charge in [0.15, 0.2) is 0 Å². The van der Waals surface area contributed by atoms with Crippen molar-refractivity contribution in [3.05, 3.63) is 28.0 Å². The molecule has 0 saturated heterocycles. The maximum absolute atomic E-state index is 11.9. The van der Waals surface area contributed by atoms with E-state index in [1.54, 1.807) is 6.92 Å². The molecule has 1 aromatic heterocycles. The van der Waals surface area contributed by atoms with E-state index in [1.807, 2.05) is 13.8 Å². The second-order valence-corrected chi connectivity index (χ2v) is 5.08. The number of carbonyl (C=O) groups excluding carboxylic acids is 2. The zero-order valence-corrected chi connectivity index (χ0v) is 12.3. The molecule has 1 heterocycles. The highest BCUT2D eigenvalue weighted by molar-refractivity contribution is 6.34. The summed E-state index contributed by atoms with van der Waals surface area (Å²) in [5.41, 5.74) is 0.176. The van der Waals surface area contributed by atoms with Crippen molar-refractivity contribution in [2.75, 3.05) is 0 Å². The molecule has 5 nitrogen and oxygen atoms in total. The Hall–Kier alpha value is -1.33. The normalized spacial score (nSPS) is 12.1. The molecule has 2 amide bonds. The quantitative estimate of drug-likeness (QED) is 0.836. The number of hydrogen-bond donors (Lipinski definition) is 2. The number of halogens is 2. The third-order valence-corrected chi connectivity index (χ3v) is 2.73. The predicted molar refractivity (Wildman–Crippen MR) is 74.5 cm³/mol. The first-order valence-electron chi connectivity index (χ1n) is 5.74. The minimum atomic E-state index is -0.665. The van der Waals surface area contributed by atoms with E-state index >= 15 is 0 Å². The summed E-state index contributed by atoms with van der Waals surface area (Å²) in [5, 5.41) is 5.45. The molecule has 1 atom stereocenters. The number of pyridine rings is 1. The number of carbonyl (C=O) groups is 2. The molecule has 104 valence electrons. The topological polar surface area (TPSA) is 71.1 Å². The SMILES string of the molecule is CC(C)NC(=O)C(C)NC(=O)c1ccc(Cl)nc1Cl. The molecule has 7 heteroatoms. The molecular formula is C12H15Cl2N3O2. The van der Waals surface area contributed by atoms with Gasteiger partial charge in [-0.2, -0.15) is 0 Å². The van der Waals surface area contributed by atoms with Gasteiger partial charge in [0, 0.05) is 6.04 Å². The van der Waals surface area contributed by atoms with Crippen LogP contribution >= 0.6 is 23.2 Å². The number of hydrogen-bond acceptors (Lipinski definition) is 3. The second-order valence-electron chi connectivity index (χ2n) is 4.33. The van der Waals surface area contributed by atoms with Crippen LogP contribution in [0.3, 0.4) is 0 Å². The average Bonchev–Trinajstić information content (AvgIpc) is 2.27. The second kappa shape index (κ2) is 6.73. The van der Waals surface area contributed by atoms with Gasteiger partial charge in [-0.3, -0.25) is 9.59 Å². The van der Waals surface area contributed by atoms with Crippen LogP contribution in [-0.2, 0) is 4.79 Å². The standard InChI is InChI=1S/C12H15Cl2N3O2/c1-6(2)15-11(18)7(3)16-12(19)8-4-5-9(13)17-10(8)14/h4-7H,1-3H3,(H,15,18)(H,16,19). The fourth-order valence-corrected chi connectivity index (χ4v) is 1.76. The molecule has 0 radical (unpaired) electrons. The van der Waals surface area contributed by atoms with Crippen molar-refractivity contribution in [1.29, 1.82) is 0 Å². The van der Waals surface area contributed by atoms with E-state index in [0.717, 1.165) is 0 Å². The first-order valence-corrected chi connectivity index (χ1v) is 6.50. The van der Waals surface area contributed by atoms with Crippen molar-refractivity contribution < 1.29 is 9.59 Å². The fourth-order valence-electron chi connectivity index (χ4n) is 1.33. The van der Waals surface area contributed by atoms with E-state index in [-0.39, 0.29) is 27.8 Å². The Morgan fingerprint density at radius 3 is 2.32 bits per heavy atom. The minimum absolute atomic E-state index is 0.00136. The molecule has 0 aliphatic carbocycles. The van der Waals surface area contributed by atoms with Crippen molar-refractivity contribution in [2.45, 2.75) is 32.9 Å². The van der Waals surface area contributed by atoms with Crippen molar-refractivity contribution in [3.8, 4) is 0 Å². The van der Waals surface area contributed by atoms with Crippen LogP contribution < -0.4 is 10.6 Å². The molecule has 2 N–H and O–H groups in total. The number of nitrogens with one attached hydrogen (secondary N) is 2. The summed E-state index contributed by atoms with van der Waals surface area (Å²) in [6, 6.07) is 2.26. The third kappa shape index (κ3) is 4.69. The van der Waals surface area contributed by atoms with Crippen molar-refractivity contribution in [3.63, 3.8) is 0 Å². The van der Waals surface area contributed by atoms with E-state index < -0.39 is 11.9 Å². The zero-order valence-electron chi connectivity index (χ0n) is 10.8. The molecule has 0 aliphatic rings. The van der Waals surface area contributed by atoms with Crippen LogP contribution in [0.5, 0.6) is 0 Å². The Morgan fingerprint density at radius 2 is 1.79 bits per heavy atom. The number of amides is 2. The summed E-state index contributed by atoms with van der Waals surface area (Å²) in [6.07, 6.45) is 0. The van der Waals surface area contributed by atoms with Gasteiger partial charge < -0.3 is 10.6 Å². The Labute approximate surface area is 121 Å². The van der Waals surface area contributed by atoms with Crippen LogP contribution in [0.1, 0.15) is 31.1 Å². The molecule has 0 spiro atoms. The van der Waals surface area contributed by atoms with E-state index in [9.17, 15) is 9.59 Å². The Morgan fingerprint density at radius 1 is 1.16 bits per heavy atom. The molecule has 1 rings (SSSR count). The highest BCUT2D eigenvalue weighted by Crippen LogP contribution is 2.16. The Bertz CT molecular complexity index is 492. The van der Waals surface area contributed by atoms with E-state index in [4.69, 9.17) is 23.2 Å². The van der Waals surface area contributed by atoms with Gasteiger partial charge in [0.1, 0.15) is 16.3 Å². The van der Waals surface area contributed by atoms with E-state index in [0.29, 0.717) is 0 Å². The maximum Gasteiger partial charge on any atom is 0.255 e. The van der Waals surface area contributed by atoms with Crippen molar-refractivity contribution >= 4 is 35.0 Å². The van der Waals surface area contributed by atoms with Crippen molar-refractivity contribution in [1.82, 2.24) is 15.6 Å². The van der Waals surface area contributed by atoms with E-state index in [2.05, 4.69) is 15.6 Å². The van der Waals surface area contributed by atoms with Crippen LogP contribution in [0, 0.1) is 0 Å². The van der Waals surface area contributed by atoms with Gasteiger partial charge in [0.2, 0.25) is 5.91 Å². The summed E-state index contributed by atoms with van der Waals surface area (Å²) in [5.74, 6) is -0.734. The number of rotatable bonds is 4. The summed E-state index contributed by atoms with van der Waals surface area (Å²) in [6.45, 7) is 5.27. The Kier molecular flexibility index (Phi) is 5.57. The molecule has 1 unspecified atom stereocenters. The first-order chi connectivity index (χ1) is 8.81. The highest BCUT2D eigenvalue weighted by Gasteiger charge is 2.19. The smallest absolute Gasteiger partial charge is 0.255 e. The Balaban J connectivity index is 2.71. The first kappa shape index (κ1) is 15.7. The predicted octanol–water partition coefficient (Wildman–Crippen LogP) is 2.03. The van der Waals surface area contributed by atoms with Gasteiger partial charge in [-0.25, -0.2) is 4.98 Å². The molecule has 0 bridgehead atoms. The van der Waals surface area contributed by atoms with Crippen LogP contribution in [-0.4, -0.2) is 28.9 Å². The van der Waals surface area contributed by atoms with Gasteiger partial charge in [-0.15, -0.1) is 0 Å². The summed E-state index contributed by atoms with van der Waals surface area (Å²) in [4.78, 5) is 27.3. The maximum atomic E-state index is 11.9. The summed E-state index contributed by atoms with van der Waals surface area (Å²) in [7, 11) is 0. The molecule has 0 aromatic carbocycles. The van der Waals surface area contributed by atoms with Crippen LogP contribution in [0.4, 0.5) is 0 Å². The van der Waals surface area contributed by atoms with Crippen LogP contribution in [0.15, 0.2) is 12.1 Å². The lowest BCUT2D eigenvalue weighted by Gasteiger charge is -2.16. The van der Waals surface area contributed by atoms with Crippen LogP contribution in [0.2, 0.25) is 10.3 Å². The molecule has 0 saturated carbocycles. The van der Waals surface area contributed by atoms with Gasteiger partial charge in [0.25, 0.3) is 5.91 Å². The van der Waals surface area contributed by atoms with E-state index in [1.165, 1.54) is 12.1 Å². The van der Waals surface area contributed by atoms with Crippen LogP contribution in [0.25, 0.3) is 0 Å².